The first-order valence-corrected chi connectivity index (χ1v) is 7.85. The maximum absolute atomic E-state index is 6.00. The van der Waals surface area contributed by atoms with Gasteiger partial charge in [-0.2, -0.15) is 0 Å². The Bertz CT molecular complexity index is 627. The zero-order valence-electron chi connectivity index (χ0n) is 12.1. The highest BCUT2D eigenvalue weighted by atomic mass is 16.5. The van der Waals surface area contributed by atoms with E-state index >= 15 is 0 Å². The molecule has 21 heavy (non-hydrogen) atoms. The Kier molecular flexibility index (Phi) is 3.27. The Hall–Kier alpha value is -2.02. The van der Waals surface area contributed by atoms with E-state index in [1.165, 1.54) is 24.0 Å². The third-order valence-electron chi connectivity index (χ3n) is 4.84. The minimum absolute atomic E-state index is 0.716. The third-order valence-corrected chi connectivity index (χ3v) is 4.84. The molecule has 2 aliphatic carbocycles. The van der Waals surface area contributed by atoms with Gasteiger partial charge < -0.3 is 4.74 Å². The van der Waals surface area contributed by atoms with E-state index in [0.717, 1.165) is 24.2 Å². The van der Waals surface area contributed by atoms with E-state index in [4.69, 9.17) is 4.74 Å². The monoisotopic (exact) mass is 276 g/mol. The second-order valence-electron chi connectivity index (χ2n) is 6.24. The molecule has 0 saturated heterocycles. The molecule has 0 heterocycles. The summed E-state index contributed by atoms with van der Waals surface area (Å²) in [6.07, 6.45) is 7.43. The van der Waals surface area contributed by atoms with Crippen LogP contribution in [-0.2, 0) is 0 Å². The summed E-state index contributed by atoms with van der Waals surface area (Å²) >= 11 is 0. The largest absolute Gasteiger partial charge is 0.493 e. The van der Waals surface area contributed by atoms with Gasteiger partial charge in [0.25, 0.3) is 0 Å². The molecule has 0 spiro atoms. The van der Waals surface area contributed by atoms with E-state index in [1.54, 1.807) is 0 Å². The molecule has 0 aromatic heterocycles. The topological polar surface area (TPSA) is 9.23 Å². The number of benzene rings is 2. The maximum atomic E-state index is 6.00. The van der Waals surface area contributed by atoms with Gasteiger partial charge >= 0.3 is 0 Å². The van der Waals surface area contributed by atoms with E-state index < -0.39 is 0 Å². The van der Waals surface area contributed by atoms with E-state index in [-0.39, 0.29) is 0 Å². The maximum Gasteiger partial charge on any atom is 0.119 e. The van der Waals surface area contributed by atoms with Crippen LogP contribution in [0.1, 0.15) is 12.8 Å². The van der Waals surface area contributed by atoms with Gasteiger partial charge in [-0.3, -0.25) is 0 Å². The van der Waals surface area contributed by atoms with Gasteiger partial charge in [0.05, 0.1) is 6.61 Å². The highest BCUT2D eigenvalue weighted by molar-refractivity contribution is 5.63. The molecule has 106 valence electrons. The fourth-order valence-corrected chi connectivity index (χ4v) is 3.66. The second-order valence-corrected chi connectivity index (χ2v) is 6.24. The molecule has 0 radical (unpaired) electrons. The lowest BCUT2D eigenvalue weighted by Crippen LogP contribution is -2.16. The van der Waals surface area contributed by atoms with Gasteiger partial charge in [0.2, 0.25) is 0 Å². The first kappa shape index (κ1) is 12.7. The number of hydrogen-bond donors (Lipinski definition) is 0. The number of hydrogen-bond acceptors (Lipinski definition) is 1. The van der Waals surface area contributed by atoms with Crippen molar-refractivity contribution in [1.82, 2.24) is 0 Å². The molecule has 3 atom stereocenters. The van der Waals surface area contributed by atoms with Crippen LogP contribution in [0.25, 0.3) is 11.1 Å². The summed E-state index contributed by atoms with van der Waals surface area (Å²) in [5.74, 6) is 3.29. The fraction of sp³-hybridized carbons (Fsp3) is 0.300. The van der Waals surface area contributed by atoms with Gasteiger partial charge in [0.1, 0.15) is 5.75 Å². The quantitative estimate of drug-likeness (QED) is 0.718. The van der Waals surface area contributed by atoms with Crippen molar-refractivity contribution in [1.29, 1.82) is 0 Å². The minimum Gasteiger partial charge on any atom is -0.493 e. The minimum atomic E-state index is 0.716. The van der Waals surface area contributed by atoms with E-state index in [0.29, 0.717) is 5.92 Å². The molecule has 2 bridgehead atoms. The van der Waals surface area contributed by atoms with Crippen LogP contribution in [0.3, 0.4) is 0 Å². The molecule has 2 aromatic rings. The summed E-state index contributed by atoms with van der Waals surface area (Å²) < 4.78 is 6.00. The summed E-state index contributed by atoms with van der Waals surface area (Å²) in [4.78, 5) is 0. The van der Waals surface area contributed by atoms with Crippen LogP contribution in [-0.4, -0.2) is 6.61 Å². The Morgan fingerprint density at radius 1 is 0.810 bits per heavy atom. The Balaban J connectivity index is 1.39. The van der Waals surface area contributed by atoms with Crippen LogP contribution in [0.5, 0.6) is 5.75 Å². The van der Waals surface area contributed by atoms with Crippen molar-refractivity contribution in [2.45, 2.75) is 12.8 Å². The summed E-state index contributed by atoms with van der Waals surface area (Å²) in [5, 5.41) is 0. The lowest BCUT2D eigenvalue weighted by Gasteiger charge is -2.18. The zero-order chi connectivity index (χ0) is 14.1. The molecule has 1 saturated carbocycles. The lowest BCUT2D eigenvalue weighted by molar-refractivity contribution is 0.228. The smallest absolute Gasteiger partial charge is 0.119 e. The molecule has 4 rings (SSSR count). The van der Waals surface area contributed by atoms with Crippen LogP contribution < -0.4 is 4.74 Å². The van der Waals surface area contributed by atoms with Gasteiger partial charge in [-0.05, 0) is 53.9 Å². The number of fused-ring (bicyclic) bond motifs is 2. The van der Waals surface area contributed by atoms with E-state index in [9.17, 15) is 0 Å². The number of allylic oxidation sites excluding steroid dienone is 2. The van der Waals surface area contributed by atoms with Gasteiger partial charge in [-0.15, -0.1) is 0 Å². The normalized spacial score (nSPS) is 26.2. The van der Waals surface area contributed by atoms with Crippen molar-refractivity contribution in [3.8, 4) is 16.9 Å². The molecule has 0 amide bonds. The predicted molar refractivity (Wildman–Crippen MR) is 86.2 cm³/mol. The molecule has 2 aromatic carbocycles. The van der Waals surface area contributed by atoms with Gasteiger partial charge in [-0.25, -0.2) is 0 Å². The second kappa shape index (κ2) is 5.40. The lowest BCUT2D eigenvalue weighted by atomic mass is 9.95. The molecule has 0 aliphatic heterocycles. The Morgan fingerprint density at radius 2 is 1.57 bits per heavy atom. The van der Waals surface area contributed by atoms with Crippen LogP contribution >= 0.6 is 0 Å². The number of rotatable bonds is 4. The highest BCUT2D eigenvalue weighted by Gasteiger charge is 2.35. The van der Waals surface area contributed by atoms with Crippen molar-refractivity contribution in [2.75, 3.05) is 6.61 Å². The number of ether oxygens (including phenoxy) is 1. The van der Waals surface area contributed by atoms with Crippen LogP contribution in [0.15, 0.2) is 66.7 Å². The molecule has 1 fully saturated rings. The van der Waals surface area contributed by atoms with Crippen LogP contribution in [0.2, 0.25) is 0 Å². The molecule has 1 nitrogen and oxygen atoms in total. The average molecular weight is 276 g/mol. The highest BCUT2D eigenvalue weighted by Crippen LogP contribution is 2.43. The molecular formula is C20H20O. The van der Waals surface area contributed by atoms with Crippen molar-refractivity contribution in [3.05, 3.63) is 66.7 Å². The van der Waals surface area contributed by atoms with Crippen molar-refractivity contribution in [3.63, 3.8) is 0 Å². The van der Waals surface area contributed by atoms with Crippen molar-refractivity contribution < 1.29 is 4.74 Å². The molecule has 2 aliphatic rings. The summed E-state index contributed by atoms with van der Waals surface area (Å²) in [6, 6.07) is 18.9. The van der Waals surface area contributed by atoms with Gasteiger partial charge in [0, 0.05) is 0 Å². The standard InChI is InChI=1S/C20H20O/c1-2-4-16(5-3-1)17-8-10-20(11-9-17)21-14-19-13-15-6-7-18(19)12-15/h1-11,15,18-19H,12-14H2. The molecule has 0 N–H and O–H groups in total. The van der Waals surface area contributed by atoms with E-state index in [2.05, 4.69) is 60.7 Å². The average Bonchev–Trinajstić information content (AvgIpc) is 3.17. The predicted octanol–water partition coefficient (Wildman–Crippen LogP) is 4.94. The van der Waals surface area contributed by atoms with Crippen LogP contribution in [0.4, 0.5) is 0 Å². The summed E-state index contributed by atoms with van der Waals surface area (Å²) in [6.45, 7) is 0.857. The zero-order valence-corrected chi connectivity index (χ0v) is 12.1. The first-order valence-electron chi connectivity index (χ1n) is 7.85. The van der Waals surface area contributed by atoms with E-state index in [1.807, 2.05) is 6.07 Å². The van der Waals surface area contributed by atoms with Crippen molar-refractivity contribution in [2.24, 2.45) is 17.8 Å². The molecule has 3 unspecified atom stereocenters. The molecule has 1 heteroatoms. The summed E-state index contributed by atoms with van der Waals surface area (Å²) in [5.41, 5.74) is 2.49. The third kappa shape index (κ3) is 2.61. The van der Waals surface area contributed by atoms with Crippen LogP contribution in [0, 0.1) is 17.8 Å². The van der Waals surface area contributed by atoms with Crippen molar-refractivity contribution >= 4 is 0 Å². The Morgan fingerprint density at radius 3 is 2.24 bits per heavy atom. The summed E-state index contributed by atoms with van der Waals surface area (Å²) in [7, 11) is 0. The van der Waals surface area contributed by atoms with Gasteiger partial charge in [0.15, 0.2) is 0 Å². The fourth-order valence-electron chi connectivity index (χ4n) is 3.66. The Labute approximate surface area is 126 Å². The molecular weight excluding hydrogens is 256 g/mol. The SMILES string of the molecule is C1=CC2CC1CC2COc1ccc(-c2ccccc2)cc1. The first-order chi connectivity index (χ1) is 10.4. The van der Waals surface area contributed by atoms with Gasteiger partial charge in [-0.1, -0.05) is 54.6 Å².